The lowest BCUT2D eigenvalue weighted by Gasteiger charge is -2.23. The topological polar surface area (TPSA) is 117 Å². The maximum atomic E-state index is 12.6. The van der Waals surface area contributed by atoms with Gasteiger partial charge in [-0.05, 0) is 63.6 Å². The van der Waals surface area contributed by atoms with Gasteiger partial charge in [-0.1, -0.05) is 38.7 Å². The predicted molar refractivity (Wildman–Crippen MR) is 148 cm³/mol. The van der Waals surface area contributed by atoms with E-state index in [1.807, 2.05) is 36.6 Å². The molecule has 1 amide bonds. The van der Waals surface area contributed by atoms with Crippen molar-refractivity contribution in [1.82, 2.24) is 24.8 Å². The standard InChI is InChI=1S/C29H42N6O3/c1-5-6-7-8-9-14-24(36)34-29(2,3)28-32-25-26(30)31-19-35(27(25)33-28)18-20-15-16-22(37-4)23(17-20)38-21-12-10-11-13-21/h15-17,19,21H,5-14,18,30H2,1-4H3,(H,34,36). The molecule has 3 N–H and O–H groups in total. The molecule has 0 spiro atoms. The largest absolute Gasteiger partial charge is 0.493 e. The highest BCUT2D eigenvalue weighted by Gasteiger charge is 2.31. The molecule has 0 aromatic heterocycles. The van der Waals surface area contributed by atoms with Crippen LogP contribution in [-0.4, -0.2) is 38.6 Å². The number of nitrogens with two attached hydrogens (primary N) is 1. The number of unbranched alkanes of at least 4 members (excludes halogenated alkanes) is 4. The Morgan fingerprint density at radius 1 is 1.13 bits per heavy atom. The number of fused-ring (bicyclic) bond motifs is 1. The first-order valence-electron chi connectivity index (χ1n) is 13.9. The second-order valence-electron chi connectivity index (χ2n) is 10.8. The lowest BCUT2D eigenvalue weighted by molar-refractivity contribution is -0.123. The number of methoxy groups -OCH3 is 1. The number of anilines is 1. The summed E-state index contributed by atoms with van der Waals surface area (Å²) in [5, 5.41) is 3.10. The van der Waals surface area contributed by atoms with Crippen molar-refractivity contribution in [3.8, 4) is 23.0 Å². The molecule has 1 saturated carbocycles. The van der Waals surface area contributed by atoms with Crippen LogP contribution in [0.3, 0.4) is 0 Å². The number of hydrogen-bond donors (Lipinski definition) is 2. The third kappa shape index (κ3) is 6.74. The Morgan fingerprint density at radius 3 is 2.63 bits per heavy atom. The minimum atomic E-state index is -0.744. The Bertz CT molecular complexity index is 1190. The van der Waals surface area contributed by atoms with Gasteiger partial charge in [0.25, 0.3) is 0 Å². The van der Waals surface area contributed by atoms with E-state index in [0.29, 0.717) is 36.1 Å². The van der Waals surface area contributed by atoms with Crippen LogP contribution in [0.5, 0.6) is 11.5 Å². The minimum Gasteiger partial charge on any atom is -0.493 e. The normalized spacial score (nSPS) is 14.2. The zero-order chi connectivity index (χ0) is 27.1. The van der Waals surface area contributed by atoms with Gasteiger partial charge in [-0.3, -0.25) is 4.79 Å². The molecule has 0 unspecified atom stereocenters. The highest BCUT2D eigenvalue weighted by atomic mass is 16.5. The van der Waals surface area contributed by atoms with Gasteiger partial charge in [0.05, 0.1) is 31.6 Å². The molecule has 1 fully saturated rings. The molecule has 1 aliphatic carbocycles. The van der Waals surface area contributed by atoms with Crippen LogP contribution in [-0.2, 0) is 16.9 Å². The molecule has 38 heavy (non-hydrogen) atoms. The second kappa shape index (κ2) is 12.5. The fraction of sp³-hybridized carbons (Fsp3) is 0.586. The van der Waals surface area contributed by atoms with E-state index in [1.54, 1.807) is 13.4 Å². The van der Waals surface area contributed by atoms with E-state index < -0.39 is 5.54 Å². The molecule has 2 aliphatic heterocycles. The molecular formula is C29H42N6O3. The van der Waals surface area contributed by atoms with Crippen LogP contribution in [0.1, 0.15) is 96.4 Å². The fourth-order valence-corrected chi connectivity index (χ4v) is 5.00. The van der Waals surface area contributed by atoms with Crippen molar-refractivity contribution >= 4 is 11.7 Å². The van der Waals surface area contributed by atoms with Crippen molar-refractivity contribution in [2.75, 3.05) is 12.8 Å². The molecule has 4 rings (SSSR count). The Kier molecular flexibility index (Phi) is 9.07. The summed E-state index contributed by atoms with van der Waals surface area (Å²) in [6.45, 7) is 6.53. The number of nitrogens with one attached hydrogen (secondary N) is 1. The van der Waals surface area contributed by atoms with Crippen LogP contribution in [0.15, 0.2) is 24.5 Å². The molecule has 0 radical (unpaired) electrons. The first kappa shape index (κ1) is 27.7. The summed E-state index contributed by atoms with van der Waals surface area (Å²) in [5.41, 5.74) is 6.99. The molecule has 9 heteroatoms. The van der Waals surface area contributed by atoms with Crippen molar-refractivity contribution in [2.45, 2.75) is 103 Å². The summed E-state index contributed by atoms with van der Waals surface area (Å²) in [6, 6.07) is 5.97. The number of carbonyl (C=O) groups excluding carboxylic acids is 1. The van der Waals surface area contributed by atoms with Gasteiger partial charge < -0.3 is 25.1 Å². The number of imidazole rings is 1. The van der Waals surface area contributed by atoms with Gasteiger partial charge in [0, 0.05) is 6.42 Å². The number of benzene rings is 1. The third-order valence-electron chi connectivity index (χ3n) is 7.19. The number of amides is 1. The summed E-state index contributed by atoms with van der Waals surface area (Å²) in [7, 11) is 1.66. The third-order valence-corrected chi connectivity index (χ3v) is 7.19. The van der Waals surface area contributed by atoms with Crippen LogP contribution in [0.25, 0.3) is 11.5 Å². The number of nitrogen functional groups attached to an aromatic ring is 1. The lowest BCUT2D eigenvalue weighted by atomic mass is 10.0. The average molecular weight is 523 g/mol. The molecular weight excluding hydrogens is 480 g/mol. The van der Waals surface area contributed by atoms with Crippen LogP contribution in [0, 0.1) is 0 Å². The maximum Gasteiger partial charge on any atom is 0.220 e. The predicted octanol–water partition coefficient (Wildman–Crippen LogP) is 5.45. The van der Waals surface area contributed by atoms with E-state index >= 15 is 0 Å². The average Bonchev–Trinajstić information content (AvgIpc) is 3.57. The van der Waals surface area contributed by atoms with Gasteiger partial charge in [0.15, 0.2) is 34.7 Å². The van der Waals surface area contributed by atoms with E-state index in [9.17, 15) is 4.79 Å². The highest BCUT2D eigenvalue weighted by molar-refractivity contribution is 5.77. The quantitative estimate of drug-likeness (QED) is 0.287. The van der Waals surface area contributed by atoms with Crippen molar-refractivity contribution in [3.05, 3.63) is 35.9 Å². The highest BCUT2D eigenvalue weighted by Crippen LogP contribution is 2.34. The molecule has 0 atom stereocenters. The number of hydrogen-bond acceptors (Lipinski definition) is 7. The number of ether oxygens (including phenoxy) is 2. The van der Waals surface area contributed by atoms with Crippen molar-refractivity contribution in [1.29, 1.82) is 0 Å². The number of nitrogens with zero attached hydrogens (tertiary/aromatic N) is 4. The minimum absolute atomic E-state index is 0.00681. The van der Waals surface area contributed by atoms with E-state index in [1.165, 1.54) is 32.1 Å². The van der Waals surface area contributed by atoms with Crippen molar-refractivity contribution in [3.63, 3.8) is 0 Å². The zero-order valence-corrected chi connectivity index (χ0v) is 23.3. The number of carbonyl (C=O) groups is 1. The molecule has 1 aromatic carbocycles. The first-order valence-corrected chi connectivity index (χ1v) is 13.9. The lowest BCUT2D eigenvalue weighted by Crippen LogP contribution is -2.41. The van der Waals surface area contributed by atoms with Crippen molar-refractivity contribution in [2.24, 2.45) is 0 Å². The number of aromatic nitrogens is 4. The van der Waals surface area contributed by atoms with Gasteiger partial charge in [-0.2, -0.15) is 0 Å². The number of rotatable bonds is 13. The van der Waals surface area contributed by atoms with E-state index in [-0.39, 0.29) is 12.0 Å². The monoisotopic (exact) mass is 522 g/mol. The smallest absolute Gasteiger partial charge is 0.220 e. The Morgan fingerprint density at radius 2 is 1.89 bits per heavy atom. The van der Waals surface area contributed by atoms with Gasteiger partial charge in [-0.15, -0.1) is 0 Å². The van der Waals surface area contributed by atoms with Gasteiger partial charge in [-0.25, -0.2) is 15.0 Å². The summed E-state index contributed by atoms with van der Waals surface area (Å²) >= 11 is 0. The van der Waals surface area contributed by atoms with E-state index in [4.69, 9.17) is 25.2 Å². The fourth-order valence-electron chi connectivity index (χ4n) is 5.00. The molecule has 9 nitrogen and oxygen atoms in total. The maximum absolute atomic E-state index is 12.6. The van der Waals surface area contributed by atoms with E-state index in [0.717, 1.165) is 42.7 Å². The SMILES string of the molecule is CCCCCCCC(=O)NC(C)(C)c1nc2c(N)ncn(Cc3ccc(OC)c(OC4CCCC4)c3)c-2n1. The first-order chi connectivity index (χ1) is 18.3. The van der Waals surface area contributed by atoms with Gasteiger partial charge in [0.2, 0.25) is 5.91 Å². The molecule has 2 heterocycles. The second-order valence-corrected chi connectivity index (χ2v) is 10.8. The van der Waals surface area contributed by atoms with Crippen LogP contribution >= 0.6 is 0 Å². The Labute approximate surface area is 225 Å². The molecule has 1 aromatic rings. The summed E-state index contributed by atoms with van der Waals surface area (Å²) in [6.07, 6.45) is 12.5. The molecule has 206 valence electrons. The molecule has 0 saturated heterocycles. The van der Waals surface area contributed by atoms with Crippen LogP contribution < -0.4 is 20.5 Å². The zero-order valence-electron chi connectivity index (χ0n) is 23.3. The van der Waals surface area contributed by atoms with E-state index in [2.05, 4.69) is 17.2 Å². The summed E-state index contributed by atoms with van der Waals surface area (Å²) in [5.74, 6) is 2.94. The van der Waals surface area contributed by atoms with Crippen LogP contribution in [0.4, 0.5) is 5.82 Å². The van der Waals surface area contributed by atoms with Gasteiger partial charge >= 0.3 is 0 Å². The summed E-state index contributed by atoms with van der Waals surface area (Å²) < 4.78 is 13.7. The molecule has 0 bridgehead atoms. The van der Waals surface area contributed by atoms with Crippen LogP contribution in [0.2, 0.25) is 0 Å². The Balaban J connectivity index is 1.51. The molecule has 3 aliphatic rings. The van der Waals surface area contributed by atoms with Gasteiger partial charge in [0.1, 0.15) is 0 Å². The van der Waals surface area contributed by atoms with Crippen molar-refractivity contribution < 1.29 is 14.3 Å². The summed E-state index contributed by atoms with van der Waals surface area (Å²) in [4.78, 5) is 26.5. The Hall–Kier alpha value is -3.36.